The van der Waals surface area contributed by atoms with Gasteiger partial charge in [-0.3, -0.25) is 4.18 Å². The molecule has 1 aliphatic carbocycles. The highest BCUT2D eigenvalue weighted by Crippen LogP contribution is 2.49. The second-order valence-electron chi connectivity index (χ2n) is 6.04. The first-order chi connectivity index (χ1) is 11.0. The molecule has 0 unspecified atom stereocenters. The Morgan fingerprint density at radius 1 is 1.00 bits per heavy atom. The van der Waals surface area contributed by atoms with Crippen LogP contribution in [0, 0.1) is 6.92 Å². The molecule has 0 spiro atoms. The fourth-order valence-corrected chi connectivity index (χ4v) is 3.56. The number of aryl methyl sites for hydroxylation is 1. The Kier molecular flexibility index (Phi) is 4.17. The Balaban J connectivity index is 1.72. The summed E-state index contributed by atoms with van der Waals surface area (Å²) in [5, 5.41) is 0. The molecule has 3 rings (SSSR count). The largest absolute Gasteiger partial charge is 0.497 e. The summed E-state index contributed by atoms with van der Waals surface area (Å²) >= 11 is 0. The Morgan fingerprint density at radius 2 is 1.61 bits per heavy atom. The molecule has 2 aromatic rings. The summed E-state index contributed by atoms with van der Waals surface area (Å²) in [6, 6.07) is 14.4. The predicted molar refractivity (Wildman–Crippen MR) is 88.2 cm³/mol. The third-order valence-electron chi connectivity index (χ3n) is 4.36. The van der Waals surface area contributed by atoms with Crippen molar-refractivity contribution >= 4 is 10.1 Å². The summed E-state index contributed by atoms with van der Waals surface area (Å²) in [4.78, 5) is 0.202. The van der Waals surface area contributed by atoms with Gasteiger partial charge < -0.3 is 4.74 Å². The summed E-state index contributed by atoms with van der Waals surface area (Å²) in [6.45, 7) is 2.09. The third-order valence-corrected chi connectivity index (χ3v) is 5.63. The molecule has 2 aromatic carbocycles. The van der Waals surface area contributed by atoms with Crippen LogP contribution in [-0.4, -0.2) is 22.1 Å². The van der Waals surface area contributed by atoms with E-state index in [2.05, 4.69) is 0 Å². The van der Waals surface area contributed by atoms with Crippen molar-refractivity contribution in [3.05, 3.63) is 59.7 Å². The number of methoxy groups -OCH3 is 1. The van der Waals surface area contributed by atoms with E-state index in [0.29, 0.717) is 0 Å². The Bertz CT molecular complexity index is 773. The van der Waals surface area contributed by atoms with Gasteiger partial charge in [0.25, 0.3) is 10.1 Å². The topological polar surface area (TPSA) is 52.6 Å². The number of hydrogen-bond acceptors (Lipinski definition) is 4. The Hall–Kier alpha value is -1.85. The molecular weight excluding hydrogens is 312 g/mol. The van der Waals surface area contributed by atoms with Gasteiger partial charge >= 0.3 is 0 Å². The van der Waals surface area contributed by atoms with Gasteiger partial charge in [-0.1, -0.05) is 29.8 Å². The smallest absolute Gasteiger partial charge is 0.297 e. The maximum absolute atomic E-state index is 12.3. The van der Waals surface area contributed by atoms with Gasteiger partial charge in [-0.05, 0) is 49.6 Å². The molecular formula is C18H20O4S. The van der Waals surface area contributed by atoms with Crippen molar-refractivity contribution in [1.29, 1.82) is 0 Å². The van der Waals surface area contributed by atoms with Crippen LogP contribution in [0.5, 0.6) is 5.75 Å². The van der Waals surface area contributed by atoms with Crippen LogP contribution in [0.25, 0.3) is 0 Å². The first kappa shape index (κ1) is 16.0. The van der Waals surface area contributed by atoms with Crippen molar-refractivity contribution in [1.82, 2.24) is 0 Å². The average Bonchev–Trinajstić information content (AvgIpc) is 3.35. The van der Waals surface area contributed by atoms with Crippen LogP contribution in [0.2, 0.25) is 0 Å². The van der Waals surface area contributed by atoms with E-state index in [1.165, 1.54) is 0 Å². The van der Waals surface area contributed by atoms with Gasteiger partial charge in [0.05, 0.1) is 18.6 Å². The fourth-order valence-electron chi connectivity index (χ4n) is 2.58. The van der Waals surface area contributed by atoms with E-state index in [4.69, 9.17) is 8.92 Å². The van der Waals surface area contributed by atoms with Crippen molar-refractivity contribution < 1.29 is 17.3 Å². The van der Waals surface area contributed by atoms with Crippen LogP contribution in [-0.2, 0) is 19.7 Å². The molecule has 23 heavy (non-hydrogen) atoms. The van der Waals surface area contributed by atoms with E-state index >= 15 is 0 Å². The molecule has 0 bridgehead atoms. The average molecular weight is 332 g/mol. The van der Waals surface area contributed by atoms with Crippen LogP contribution in [0.4, 0.5) is 0 Å². The number of benzene rings is 2. The van der Waals surface area contributed by atoms with Crippen LogP contribution in [0.15, 0.2) is 53.4 Å². The van der Waals surface area contributed by atoms with Crippen molar-refractivity contribution in [2.45, 2.75) is 30.1 Å². The van der Waals surface area contributed by atoms with E-state index in [1.807, 2.05) is 31.2 Å². The summed E-state index contributed by atoms with van der Waals surface area (Å²) in [6.07, 6.45) is 1.87. The van der Waals surface area contributed by atoms with E-state index in [9.17, 15) is 8.42 Å². The minimum Gasteiger partial charge on any atom is -0.497 e. The molecule has 4 nitrogen and oxygen atoms in total. The van der Waals surface area contributed by atoms with Gasteiger partial charge in [-0.15, -0.1) is 0 Å². The van der Waals surface area contributed by atoms with Gasteiger partial charge in [-0.2, -0.15) is 8.42 Å². The number of hydrogen-bond donors (Lipinski definition) is 0. The van der Waals surface area contributed by atoms with Gasteiger partial charge in [-0.25, -0.2) is 0 Å². The molecule has 0 heterocycles. The summed E-state index contributed by atoms with van der Waals surface area (Å²) in [5.41, 5.74) is 1.92. The minimum absolute atomic E-state index is 0.176. The van der Waals surface area contributed by atoms with E-state index in [1.54, 1.807) is 31.4 Å². The zero-order valence-electron chi connectivity index (χ0n) is 13.3. The van der Waals surface area contributed by atoms with Crippen LogP contribution < -0.4 is 4.74 Å². The molecule has 1 aliphatic rings. The van der Waals surface area contributed by atoms with Crippen molar-refractivity contribution in [2.24, 2.45) is 0 Å². The maximum atomic E-state index is 12.3. The van der Waals surface area contributed by atoms with Gasteiger partial charge in [0.1, 0.15) is 5.75 Å². The molecule has 0 aliphatic heterocycles. The predicted octanol–water partition coefficient (Wildman–Crippen LogP) is 3.44. The second kappa shape index (κ2) is 5.98. The lowest BCUT2D eigenvalue weighted by molar-refractivity contribution is 0.281. The monoisotopic (exact) mass is 332 g/mol. The summed E-state index contributed by atoms with van der Waals surface area (Å²) in [5.74, 6) is 0.790. The molecule has 0 atom stereocenters. The fraction of sp³-hybridized carbons (Fsp3) is 0.333. The second-order valence-corrected chi connectivity index (χ2v) is 7.65. The first-order valence-corrected chi connectivity index (χ1v) is 8.97. The van der Waals surface area contributed by atoms with Crippen molar-refractivity contribution in [3.63, 3.8) is 0 Å². The highest BCUT2D eigenvalue weighted by Gasteiger charge is 2.45. The zero-order chi connectivity index (χ0) is 16.5. The molecule has 0 N–H and O–H groups in total. The third kappa shape index (κ3) is 3.41. The number of ether oxygens (including phenoxy) is 1. The summed E-state index contributed by atoms with van der Waals surface area (Å²) < 4.78 is 35.1. The van der Waals surface area contributed by atoms with Crippen molar-refractivity contribution in [3.8, 4) is 5.75 Å². The Labute approximate surface area is 137 Å². The van der Waals surface area contributed by atoms with Gasteiger partial charge in [0.2, 0.25) is 0 Å². The minimum atomic E-state index is -3.72. The van der Waals surface area contributed by atoms with E-state index < -0.39 is 10.1 Å². The first-order valence-electron chi connectivity index (χ1n) is 7.56. The van der Waals surface area contributed by atoms with E-state index in [0.717, 1.165) is 29.7 Å². The van der Waals surface area contributed by atoms with Crippen LogP contribution >= 0.6 is 0 Å². The normalized spacial score (nSPS) is 16.1. The standard InChI is InChI=1S/C18H20O4S/c1-14-3-9-17(10-4-14)23(19,20)22-13-18(11-12-18)15-5-7-16(21-2)8-6-15/h3-10H,11-13H2,1-2H3. The van der Waals surface area contributed by atoms with Crippen LogP contribution in [0.3, 0.4) is 0 Å². The SMILES string of the molecule is COc1ccc(C2(COS(=O)(=O)c3ccc(C)cc3)CC2)cc1. The molecule has 122 valence electrons. The highest BCUT2D eigenvalue weighted by atomic mass is 32.2. The molecule has 0 amide bonds. The zero-order valence-corrected chi connectivity index (χ0v) is 14.1. The highest BCUT2D eigenvalue weighted by molar-refractivity contribution is 7.86. The molecule has 1 saturated carbocycles. The summed E-state index contributed by atoms with van der Waals surface area (Å²) in [7, 11) is -2.09. The van der Waals surface area contributed by atoms with Crippen LogP contribution in [0.1, 0.15) is 24.0 Å². The molecule has 0 radical (unpaired) electrons. The lowest BCUT2D eigenvalue weighted by Crippen LogP contribution is -2.19. The Morgan fingerprint density at radius 3 is 2.13 bits per heavy atom. The van der Waals surface area contributed by atoms with E-state index in [-0.39, 0.29) is 16.9 Å². The maximum Gasteiger partial charge on any atom is 0.297 e. The molecule has 1 fully saturated rings. The lowest BCUT2D eigenvalue weighted by Gasteiger charge is -2.16. The molecule has 0 saturated heterocycles. The van der Waals surface area contributed by atoms with Gasteiger partial charge in [0.15, 0.2) is 0 Å². The lowest BCUT2D eigenvalue weighted by atomic mass is 9.97. The van der Waals surface area contributed by atoms with Gasteiger partial charge in [0, 0.05) is 5.41 Å². The van der Waals surface area contributed by atoms with Crippen molar-refractivity contribution in [2.75, 3.05) is 13.7 Å². The number of rotatable bonds is 6. The molecule has 5 heteroatoms. The molecule has 0 aromatic heterocycles. The quantitative estimate of drug-likeness (QED) is 0.761.